The van der Waals surface area contributed by atoms with E-state index in [4.69, 9.17) is 0 Å². The zero-order chi connectivity index (χ0) is 18.2. The molecule has 4 heterocycles. The Morgan fingerprint density at radius 3 is 2.78 bits per heavy atom. The van der Waals surface area contributed by atoms with Crippen LogP contribution in [0.5, 0.6) is 0 Å². The van der Waals surface area contributed by atoms with Crippen molar-refractivity contribution in [3.05, 3.63) is 72.7 Å². The van der Waals surface area contributed by atoms with Gasteiger partial charge in [-0.05, 0) is 49.2 Å². The molecule has 1 aromatic carbocycles. The molecule has 3 aromatic heterocycles. The highest BCUT2D eigenvalue weighted by molar-refractivity contribution is 5.94. The molecule has 134 valence electrons. The first-order chi connectivity index (χ1) is 13.3. The number of pyridine rings is 1. The molecule has 0 saturated carbocycles. The summed E-state index contributed by atoms with van der Waals surface area (Å²) in [6, 6.07) is 13.1. The van der Waals surface area contributed by atoms with Crippen molar-refractivity contribution >= 4 is 11.6 Å². The van der Waals surface area contributed by atoms with Gasteiger partial charge in [0.25, 0.3) is 5.91 Å². The van der Waals surface area contributed by atoms with Crippen LogP contribution in [-0.2, 0) is 0 Å². The van der Waals surface area contributed by atoms with Crippen molar-refractivity contribution in [3.63, 3.8) is 0 Å². The highest BCUT2D eigenvalue weighted by Gasteiger charge is 2.33. The summed E-state index contributed by atoms with van der Waals surface area (Å²) in [4.78, 5) is 19.0. The van der Waals surface area contributed by atoms with Gasteiger partial charge in [-0.3, -0.25) is 9.20 Å². The highest BCUT2D eigenvalue weighted by Crippen LogP contribution is 2.32. The Labute approximate surface area is 155 Å². The molecule has 0 radical (unpaired) electrons. The second-order valence-electron chi connectivity index (χ2n) is 6.53. The normalized spacial score (nSPS) is 16.9. The number of fused-ring (bicyclic) bond motifs is 1. The third-order valence-corrected chi connectivity index (χ3v) is 4.95. The Morgan fingerprint density at radius 1 is 1.07 bits per heavy atom. The summed E-state index contributed by atoms with van der Waals surface area (Å²) in [5.74, 6) is 0.825. The zero-order valence-electron chi connectivity index (χ0n) is 14.5. The fourth-order valence-electron chi connectivity index (χ4n) is 3.63. The van der Waals surface area contributed by atoms with Crippen molar-refractivity contribution < 1.29 is 4.79 Å². The minimum Gasteiger partial charge on any atom is -0.328 e. The minimum absolute atomic E-state index is 0.00956. The number of carbonyl (C=O) groups excluding carboxylic acids is 1. The molecule has 1 aliphatic rings. The van der Waals surface area contributed by atoms with Crippen LogP contribution >= 0.6 is 0 Å². The zero-order valence-corrected chi connectivity index (χ0v) is 14.5. The molecule has 0 spiro atoms. The summed E-state index contributed by atoms with van der Waals surface area (Å²) < 4.78 is 3.62. The fraction of sp³-hybridized carbons (Fsp3) is 0.211. The maximum atomic E-state index is 13.1. The predicted molar refractivity (Wildman–Crippen MR) is 97.4 cm³/mol. The van der Waals surface area contributed by atoms with Crippen LogP contribution in [-0.4, -0.2) is 46.7 Å². The first-order valence-electron chi connectivity index (χ1n) is 8.87. The average molecular weight is 359 g/mol. The number of carbonyl (C=O) groups is 1. The predicted octanol–water partition coefficient (Wildman–Crippen LogP) is 2.29. The average Bonchev–Trinajstić information content (AvgIpc) is 3.47. The second kappa shape index (κ2) is 6.31. The topological polar surface area (TPSA) is 81.2 Å². The van der Waals surface area contributed by atoms with E-state index in [9.17, 15) is 4.79 Å². The van der Waals surface area contributed by atoms with Crippen molar-refractivity contribution in [2.45, 2.75) is 18.9 Å². The van der Waals surface area contributed by atoms with E-state index < -0.39 is 0 Å². The van der Waals surface area contributed by atoms with Crippen molar-refractivity contribution in [2.24, 2.45) is 0 Å². The summed E-state index contributed by atoms with van der Waals surface area (Å²) in [6.07, 6.45) is 6.90. The summed E-state index contributed by atoms with van der Waals surface area (Å²) in [5.41, 5.74) is 2.31. The molecular formula is C19H17N7O. The molecule has 5 rings (SSSR count). The van der Waals surface area contributed by atoms with Gasteiger partial charge in [-0.15, -0.1) is 10.2 Å². The van der Waals surface area contributed by atoms with E-state index in [0.717, 1.165) is 36.5 Å². The quantitative estimate of drug-likeness (QED) is 0.561. The SMILES string of the molecule is O=C(c1ccc(-n2cncn2)cc1)N1CCCC1c1nnc2ccccn12. The van der Waals surface area contributed by atoms with Gasteiger partial charge in [0.2, 0.25) is 0 Å². The number of aromatic nitrogens is 6. The molecule has 1 unspecified atom stereocenters. The first-order valence-corrected chi connectivity index (χ1v) is 8.87. The number of hydrogen-bond acceptors (Lipinski definition) is 5. The van der Waals surface area contributed by atoms with Crippen LogP contribution in [0.4, 0.5) is 0 Å². The molecule has 8 heteroatoms. The van der Waals surface area contributed by atoms with E-state index in [1.807, 2.05) is 58.0 Å². The number of likely N-dealkylation sites (tertiary alicyclic amines) is 1. The molecule has 1 saturated heterocycles. The molecule has 1 atom stereocenters. The third kappa shape index (κ3) is 2.66. The van der Waals surface area contributed by atoms with E-state index in [-0.39, 0.29) is 11.9 Å². The number of hydrogen-bond donors (Lipinski definition) is 0. The maximum absolute atomic E-state index is 13.1. The van der Waals surface area contributed by atoms with Gasteiger partial charge in [0.15, 0.2) is 11.5 Å². The Morgan fingerprint density at radius 2 is 1.96 bits per heavy atom. The van der Waals surface area contributed by atoms with Gasteiger partial charge >= 0.3 is 0 Å². The number of amides is 1. The van der Waals surface area contributed by atoms with Crippen molar-refractivity contribution in [1.82, 2.24) is 34.3 Å². The molecule has 1 fully saturated rings. The van der Waals surface area contributed by atoms with Crippen LogP contribution in [0.2, 0.25) is 0 Å². The van der Waals surface area contributed by atoms with Gasteiger partial charge in [0.1, 0.15) is 12.7 Å². The van der Waals surface area contributed by atoms with Crippen LogP contribution in [0.25, 0.3) is 11.3 Å². The van der Waals surface area contributed by atoms with Crippen LogP contribution in [0.15, 0.2) is 61.3 Å². The van der Waals surface area contributed by atoms with E-state index >= 15 is 0 Å². The van der Waals surface area contributed by atoms with Crippen molar-refractivity contribution in [2.75, 3.05) is 6.54 Å². The maximum Gasteiger partial charge on any atom is 0.254 e. The Hall–Kier alpha value is -3.55. The lowest BCUT2D eigenvalue weighted by Gasteiger charge is -2.23. The van der Waals surface area contributed by atoms with Gasteiger partial charge in [0.05, 0.1) is 11.7 Å². The number of nitrogens with zero attached hydrogens (tertiary/aromatic N) is 7. The van der Waals surface area contributed by atoms with E-state index in [1.54, 1.807) is 11.0 Å². The number of benzene rings is 1. The molecular weight excluding hydrogens is 342 g/mol. The summed E-state index contributed by atoms with van der Waals surface area (Å²) >= 11 is 0. The Bertz CT molecular complexity index is 1080. The third-order valence-electron chi connectivity index (χ3n) is 4.95. The fourth-order valence-corrected chi connectivity index (χ4v) is 3.63. The number of rotatable bonds is 3. The van der Waals surface area contributed by atoms with E-state index in [0.29, 0.717) is 5.56 Å². The lowest BCUT2D eigenvalue weighted by Crippen LogP contribution is -2.31. The molecule has 27 heavy (non-hydrogen) atoms. The molecule has 0 bridgehead atoms. The van der Waals surface area contributed by atoms with E-state index in [1.165, 1.54) is 6.33 Å². The van der Waals surface area contributed by atoms with Gasteiger partial charge in [-0.2, -0.15) is 5.10 Å². The van der Waals surface area contributed by atoms with Gasteiger partial charge in [-0.25, -0.2) is 9.67 Å². The summed E-state index contributed by atoms with van der Waals surface area (Å²) in [6.45, 7) is 0.718. The van der Waals surface area contributed by atoms with Crippen molar-refractivity contribution in [3.8, 4) is 5.69 Å². The highest BCUT2D eigenvalue weighted by atomic mass is 16.2. The lowest BCUT2D eigenvalue weighted by molar-refractivity contribution is 0.0729. The monoisotopic (exact) mass is 359 g/mol. The molecule has 8 nitrogen and oxygen atoms in total. The molecule has 0 aliphatic carbocycles. The van der Waals surface area contributed by atoms with Crippen LogP contribution in [0.3, 0.4) is 0 Å². The molecule has 0 N–H and O–H groups in total. The van der Waals surface area contributed by atoms with E-state index in [2.05, 4.69) is 20.3 Å². The smallest absolute Gasteiger partial charge is 0.254 e. The second-order valence-corrected chi connectivity index (χ2v) is 6.53. The van der Waals surface area contributed by atoms with Crippen LogP contribution < -0.4 is 0 Å². The van der Waals surface area contributed by atoms with Crippen LogP contribution in [0.1, 0.15) is 35.1 Å². The van der Waals surface area contributed by atoms with Gasteiger partial charge in [-0.1, -0.05) is 6.07 Å². The Kier molecular flexibility index (Phi) is 3.67. The largest absolute Gasteiger partial charge is 0.328 e. The Balaban J connectivity index is 1.44. The standard InChI is InChI=1S/C19H17N7O/c27-19(14-6-8-15(9-7-14)26-13-20-12-21-26)24-11-3-4-16(24)18-23-22-17-5-1-2-10-25(17)18/h1-2,5-10,12-13,16H,3-4,11H2. The van der Waals surface area contributed by atoms with Crippen LogP contribution in [0, 0.1) is 0 Å². The summed E-state index contributed by atoms with van der Waals surface area (Å²) in [7, 11) is 0. The van der Waals surface area contributed by atoms with Gasteiger partial charge in [0, 0.05) is 18.3 Å². The lowest BCUT2D eigenvalue weighted by atomic mass is 10.1. The van der Waals surface area contributed by atoms with Crippen molar-refractivity contribution in [1.29, 1.82) is 0 Å². The minimum atomic E-state index is -0.0649. The molecule has 1 aliphatic heterocycles. The van der Waals surface area contributed by atoms with Gasteiger partial charge < -0.3 is 4.90 Å². The molecule has 4 aromatic rings. The summed E-state index contributed by atoms with van der Waals surface area (Å²) in [5, 5.41) is 12.7. The first kappa shape index (κ1) is 15.7. The molecule has 1 amide bonds.